The van der Waals surface area contributed by atoms with Crippen LogP contribution in [0.1, 0.15) is 46.0 Å². The molecule has 2 spiro atoms. The van der Waals surface area contributed by atoms with Gasteiger partial charge >= 0.3 is 18.2 Å². The van der Waals surface area contributed by atoms with Gasteiger partial charge in [-0.25, -0.2) is 14.6 Å². The van der Waals surface area contributed by atoms with Crippen molar-refractivity contribution in [3.05, 3.63) is 0 Å². The third-order valence-electron chi connectivity index (χ3n) is 7.31. The van der Waals surface area contributed by atoms with Gasteiger partial charge < -0.3 is 15.1 Å². The molecule has 190 valence electrons. The van der Waals surface area contributed by atoms with Crippen molar-refractivity contribution in [3.63, 3.8) is 0 Å². The fourth-order valence-corrected chi connectivity index (χ4v) is 5.47. The molecule has 6 amide bonds. The van der Waals surface area contributed by atoms with Crippen LogP contribution in [0.5, 0.6) is 0 Å². The number of piperidine rings is 2. The van der Waals surface area contributed by atoms with Crippen molar-refractivity contribution in [2.45, 2.75) is 63.2 Å². The Morgan fingerprint density at radius 2 is 1.50 bits per heavy atom. The second-order valence-electron chi connectivity index (χ2n) is 10.1. The van der Waals surface area contributed by atoms with E-state index in [0.29, 0.717) is 19.0 Å². The molecule has 10 nitrogen and oxygen atoms in total. The number of carbonyl (C=O) groups excluding carboxylic acids is 4. The van der Waals surface area contributed by atoms with Gasteiger partial charge in [-0.2, -0.15) is 18.2 Å². The van der Waals surface area contributed by atoms with Crippen LogP contribution >= 0.6 is 0 Å². The number of urea groups is 2. The molecule has 2 N–H and O–H groups in total. The van der Waals surface area contributed by atoms with Crippen molar-refractivity contribution in [3.8, 4) is 0 Å². The lowest BCUT2D eigenvalue weighted by atomic mass is 9.86. The van der Waals surface area contributed by atoms with Gasteiger partial charge in [-0.15, -0.1) is 0 Å². The van der Waals surface area contributed by atoms with Crippen molar-refractivity contribution in [1.29, 1.82) is 0 Å². The van der Waals surface area contributed by atoms with Gasteiger partial charge in [0.25, 0.3) is 11.8 Å². The summed E-state index contributed by atoms with van der Waals surface area (Å²) in [6.45, 7) is 6.32. The van der Waals surface area contributed by atoms with Crippen LogP contribution in [0.2, 0.25) is 0 Å². The molecule has 0 atom stereocenters. The Labute approximate surface area is 195 Å². The van der Waals surface area contributed by atoms with Crippen LogP contribution < -0.4 is 10.6 Å². The monoisotopic (exact) mass is 488 g/mol. The van der Waals surface area contributed by atoms with Crippen LogP contribution in [0.15, 0.2) is 0 Å². The molecule has 4 fully saturated rings. The fourth-order valence-electron chi connectivity index (χ4n) is 5.47. The first-order valence-corrected chi connectivity index (χ1v) is 11.7. The average Bonchev–Trinajstić information content (AvgIpc) is 3.11. The van der Waals surface area contributed by atoms with Crippen molar-refractivity contribution in [2.24, 2.45) is 5.92 Å². The number of imide groups is 2. The summed E-state index contributed by atoms with van der Waals surface area (Å²) in [5.74, 6) is -0.732. The lowest BCUT2D eigenvalue weighted by Crippen LogP contribution is -2.64. The van der Waals surface area contributed by atoms with E-state index in [9.17, 15) is 32.3 Å². The Kier molecular flexibility index (Phi) is 6.30. The van der Waals surface area contributed by atoms with E-state index < -0.39 is 47.6 Å². The zero-order chi connectivity index (χ0) is 24.9. The number of amides is 6. The Morgan fingerprint density at radius 3 is 2.06 bits per heavy atom. The van der Waals surface area contributed by atoms with Gasteiger partial charge in [-0.1, -0.05) is 13.8 Å². The zero-order valence-corrected chi connectivity index (χ0v) is 19.4. The number of hydrogen-bond donors (Lipinski definition) is 2. The van der Waals surface area contributed by atoms with Gasteiger partial charge in [0.2, 0.25) is 0 Å². The third-order valence-corrected chi connectivity index (χ3v) is 7.31. The summed E-state index contributed by atoms with van der Waals surface area (Å²) in [6, 6.07) is -1.60. The van der Waals surface area contributed by atoms with Crippen LogP contribution in [0, 0.1) is 5.92 Å². The van der Waals surface area contributed by atoms with Crippen LogP contribution in [-0.2, 0) is 9.59 Å². The first-order chi connectivity index (χ1) is 15.9. The predicted molar refractivity (Wildman–Crippen MR) is 113 cm³/mol. The van der Waals surface area contributed by atoms with Crippen molar-refractivity contribution in [2.75, 3.05) is 39.3 Å². The highest BCUT2D eigenvalue weighted by molar-refractivity contribution is 6.13. The SMILES string of the molecule is CC(C)CN1CCC2(CC1)C(=O)NC(=O)N2N1C(=O)NC2(CCN(CCC(F)(F)F)CC2)C1=O. The molecular formula is C21H31F3N6O4. The maximum atomic E-state index is 13.5. The maximum absolute atomic E-state index is 13.5. The van der Waals surface area contributed by atoms with Gasteiger partial charge in [0.15, 0.2) is 0 Å². The Morgan fingerprint density at radius 1 is 0.912 bits per heavy atom. The highest BCUT2D eigenvalue weighted by Crippen LogP contribution is 2.39. The van der Waals surface area contributed by atoms with Crippen LogP contribution in [-0.4, -0.2) is 100 Å². The van der Waals surface area contributed by atoms with E-state index in [1.54, 1.807) is 4.90 Å². The number of halogens is 3. The summed E-state index contributed by atoms with van der Waals surface area (Å²) in [7, 11) is 0. The molecule has 4 aliphatic heterocycles. The Balaban J connectivity index is 1.48. The first kappa shape index (κ1) is 24.7. The molecule has 4 rings (SSSR count). The molecule has 4 heterocycles. The molecule has 0 saturated carbocycles. The minimum Gasteiger partial charge on any atom is -0.321 e. The van der Waals surface area contributed by atoms with Gasteiger partial charge in [0.1, 0.15) is 11.1 Å². The van der Waals surface area contributed by atoms with E-state index in [-0.39, 0.29) is 45.3 Å². The van der Waals surface area contributed by atoms with Crippen molar-refractivity contribution < 1.29 is 32.3 Å². The highest BCUT2D eigenvalue weighted by atomic mass is 19.4. The van der Waals surface area contributed by atoms with E-state index in [1.165, 1.54) is 0 Å². The quantitative estimate of drug-likeness (QED) is 0.565. The second-order valence-corrected chi connectivity index (χ2v) is 10.1. The molecule has 4 aliphatic rings. The molecule has 0 aliphatic carbocycles. The molecule has 0 aromatic rings. The van der Waals surface area contributed by atoms with E-state index in [4.69, 9.17) is 0 Å². The predicted octanol–water partition coefficient (Wildman–Crippen LogP) is 1.28. The van der Waals surface area contributed by atoms with Crippen molar-refractivity contribution >= 4 is 23.9 Å². The number of nitrogens with zero attached hydrogens (tertiary/aromatic N) is 4. The number of likely N-dealkylation sites (tertiary alicyclic amines) is 2. The first-order valence-electron chi connectivity index (χ1n) is 11.7. The number of hydrazine groups is 1. The molecular weight excluding hydrogens is 457 g/mol. The van der Waals surface area contributed by atoms with E-state index >= 15 is 0 Å². The van der Waals surface area contributed by atoms with Gasteiger partial charge in [-0.05, 0) is 31.6 Å². The number of rotatable bonds is 5. The van der Waals surface area contributed by atoms with Crippen molar-refractivity contribution in [1.82, 2.24) is 30.5 Å². The average molecular weight is 489 g/mol. The topological polar surface area (TPSA) is 105 Å². The van der Waals surface area contributed by atoms with Gasteiger partial charge in [-0.3, -0.25) is 14.9 Å². The molecule has 0 radical (unpaired) electrons. The van der Waals surface area contributed by atoms with Crippen LogP contribution in [0.25, 0.3) is 0 Å². The molecule has 13 heteroatoms. The lowest BCUT2D eigenvalue weighted by molar-refractivity contribution is -0.152. The summed E-state index contributed by atoms with van der Waals surface area (Å²) < 4.78 is 37.7. The number of nitrogens with one attached hydrogen (secondary N) is 2. The smallest absolute Gasteiger partial charge is 0.321 e. The lowest BCUT2D eigenvalue weighted by Gasteiger charge is -2.44. The summed E-state index contributed by atoms with van der Waals surface area (Å²) in [4.78, 5) is 55.9. The van der Waals surface area contributed by atoms with Gasteiger partial charge in [0, 0.05) is 39.3 Å². The van der Waals surface area contributed by atoms with E-state index in [0.717, 1.165) is 16.6 Å². The minimum absolute atomic E-state index is 0.129. The third kappa shape index (κ3) is 4.35. The molecule has 0 aromatic carbocycles. The summed E-state index contributed by atoms with van der Waals surface area (Å²) in [6.07, 6.45) is -4.38. The number of hydrogen-bond acceptors (Lipinski definition) is 6. The Hall–Kier alpha value is -2.41. The van der Waals surface area contributed by atoms with E-state index in [2.05, 4.69) is 29.4 Å². The number of alkyl halides is 3. The molecule has 0 unspecified atom stereocenters. The zero-order valence-electron chi connectivity index (χ0n) is 19.4. The normalized spacial score (nSPS) is 25.7. The standard InChI is InChI=1S/C21H31F3N6O4/c1-14(2)13-28-10-5-20(6-11-28)15(31)25-17(33)30(20)29-16(32)19(26-18(29)34)3-8-27(9-4-19)12-7-21(22,23)24/h14H,3-13H2,1-2H3,(H,26,34)(H,25,31,33). The summed E-state index contributed by atoms with van der Waals surface area (Å²) in [5, 5.41) is 6.69. The van der Waals surface area contributed by atoms with E-state index in [1.807, 2.05) is 0 Å². The van der Waals surface area contributed by atoms with Crippen LogP contribution in [0.3, 0.4) is 0 Å². The Bertz CT molecular complexity index is 863. The molecule has 0 aromatic heterocycles. The number of carbonyl (C=O) groups is 4. The minimum atomic E-state index is -4.27. The van der Waals surface area contributed by atoms with Crippen LogP contribution in [0.4, 0.5) is 22.8 Å². The molecule has 34 heavy (non-hydrogen) atoms. The summed E-state index contributed by atoms with van der Waals surface area (Å²) >= 11 is 0. The largest absolute Gasteiger partial charge is 0.390 e. The maximum Gasteiger partial charge on any atom is 0.390 e. The second kappa shape index (κ2) is 8.67. The van der Waals surface area contributed by atoms with Gasteiger partial charge in [0.05, 0.1) is 6.42 Å². The highest BCUT2D eigenvalue weighted by Gasteiger charge is 2.63. The molecule has 4 saturated heterocycles. The fraction of sp³-hybridized carbons (Fsp3) is 0.810. The summed E-state index contributed by atoms with van der Waals surface area (Å²) in [5.41, 5.74) is -2.62. The molecule has 0 bridgehead atoms.